The summed E-state index contributed by atoms with van der Waals surface area (Å²) in [5.74, 6) is 0.0675. The quantitative estimate of drug-likeness (QED) is 0.585. The number of aromatic amines is 1. The summed E-state index contributed by atoms with van der Waals surface area (Å²) >= 11 is 6.14. The number of amides is 2. The highest BCUT2D eigenvalue weighted by Crippen LogP contribution is 2.25. The zero-order valence-electron chi connectivity index (χ0n) is 19.7. The van der Waals surface area contributed by atoms with Crippen LogP contribution in [0.3, 0.4) is 0 Å². The summed E-state index contributed by atoms with van der Waals surface area (Å²) < 4.78 is 0. The van der Waals surface area contributed by atoms with E-state index in [1.807, 2.05) is 56.4 Å². The molecule has 180 valence electrons. The largest absolute Gasteiger partial charge is 0.346 e. The van der Waals surface area contributed by atoms with Crippen LogP contribution in [0.4, 0.5) is 0 Å². The van der Waals surface area contributed by atoms with Crippen molar-refractivity contribution < 1.29 is 9.59 Å². The van der Waals surface area contributed by atoms with Gasteiger partial charge in [0, 0.05) is 55.2 Å². The Balaban J connectivity index is 1.28. The van der Waals surface area contributed by atoms with Crippen molar-refractivity contribution in [1.82, 2.24) is 25.1 Å². The lowest BCUT2D eigenvalue weighted by Crippen LogP contribution is -2.63. The smallest absolute Gasteiger partial charge is 0.289 e. The van der Waals surface area contributed by atoms with Gasteiger partial charge in [0.1, 0.15) is 5.65 Å². The first-order valence-electron chi connectivity index (χ1n) is 11.6. The minimum Gasteiger partial charge on any atom is -0.346 e. The highest BCUT2D eigenvalue weighted by Gasteiger charge is 2.40. The average molecular weight is 491 g/mol. The van der Waals surface area contributed by atoms with Crippen molar-refractivity contribution in [2.75, 3.05) is 26.2 Å². The third-order valence-electron chi connectivity index (χ3n) is 6.51. The Bertz CT molecular complexity index is 1360. The van der Waals surface area contributed by atoms with Gasteiger partial charge in [-0.2, -0.15) is 0 Å². The van der Waals surface area contributed by atoms with E-state index < -0.39 is 5.54 Å². The molecule has 0 radical (unpaired) electrons. The van der Waals surface area contributed by atoms with Crippen molar-refractivity contribution in [3.8, 4) is 0 Å². The standard InChI is InChI=1S/C26H27ClN6O2/c1-26(2)16-32(24(34)20-12-18-6-8-28-22(18)30-15-20)10-11-33(26)25(35)23-29-9-7-19(14-31-23)17-4-3-5-21(27)13-17/h3-6,8,12-15H,7,9-11,16H2,1-2H3,(H,28,30)(H,29,31). The molecule has 0 bridgehead atoms. The number of fused-ring (bicyclic) bond motifs is 1. The minimum absolute atomic E-state index is 0.0835. The van der Waals surface area contributed by atoms with Gasteiger partial charge in [0.15, 0.2) is 5.84 Å². The number of amidine groups is 1. The van der Waals surface area contributed by atoms with Crippen LogP contribution in [-0.4, -0.2) is 69.1 Å². The molecule has 0 spiro atoms. The van der Waals surface area contributed by atoms with Crippen LogP contribution in [0.5, 0.6) is 0 Å². The monoisotopic (exact) mass is 490 g/mol. The van der Waals surface area contributed by atoms with Crippen molar-refractivity contribution in [2.45, 2.75) is 25.8 Å². The van der Waals surface area contributed by atoms with E-state index >= 15 is 0 Å². The molecule has 0 unspecified atom stereocenters. The third kappa shape index (κ3) is 4.66. The number of aliphatic imine (C=N–C) groups is 1. The number of nitrogens with zero attached hydrogens (tertiary/aromatic N) is 4. The fraction of sp³-hybridized carbons (Fsp3) is 0.308. The number of hydrogen-bond donors (Lipinski definition) is 2. The van der Waals surface area contributed by atoms with E-state index in [0.29, 0.717) is 49.0 Å². The van der Waals surface area contributed by atoms with Crippen molar-refractivity contribution in [3.63, 3.8) is 0 Å². The molecule has 2 aliphatic heterocycles. The van der Waals surface area contributed by atoms with Crippen molar-refractivity contribution >= 4 is 45.9 Å². The molecule has 5 rings (SSSR count). The summed E-state index contributed by atoms with van der Waals surface area (Å²) in [6.45, 7) is 5.73. The second kappa shape index (κ2) is 9.19. The summed E-state index contributed by atoms with van der Waals surface area (Å²) in [4.78, 5) is 42.1. The van der Waals surface area contributed by atoms with Crippen LogP contribution in [0.25, 0.3) is 16.6 Å². The third-order valence-corrected chi connectivity index (χ3v) is 6.75. The van der Waals surface area contributed by atoms with Gasteiger partial charge >= 0.3 is 0 Å². The number of halogens is 1. The zero-order chi connectivity index (χ0) is 24.6. The maximum absolute atomic E-state index is 13.4. The lowest BCUT2D eigenvalue weighted by Gasteiger charge is -2.47. The second-order valence-corrected chi connectivity index (χ2v) is 9.88. The number of pyridine rings is 1. The molecule has 2 aliphatic rings. The van der Waals surface area contributed by atoms with E-state index in [9.17, 15) is 9.59 Å². The molecule has 0 saturated carbocycles. The molecule has 2 aromatic heterocycles. The SMILES string of the molecule is CC1(C)CN(C(=O)c2cnc3[nH]ccc3c2)CCN1C(=O)C1=NCCC(c2cccc(Cl)c2)=CN1. The van der Waals surface area contributed by atoms with Crippen LogP contribution in [0.2, 0.25) is 5.02 Å². The van der Waals surface area contributed by atoms with Crippen molar-refractivity contribution in [1.29, 1.82) is 0 Å². The Kier molecular flexibility index (Phi) is 6.06. The van der Waals surface area contributed by atoms with Crippen LogP contribution in [0, 0.1) is 0 Å². The van der Waals surface area contributed by atoms with E-state index in [0.717, 1.165) is 22.2 Å². The first-order chi connectivity index (χ1) is 16.8. The van der Waals surface area contributed by atoms with E-state index in [1.165, 1.54) is 0 Å². The molecule has 1 fully saturated rings. The van der Waals surface area contributed by atoms with Gasteiger partial charge in [-0.3, -0.25) is 14.6 Å². The summed E-state index contributed by atoms with van der Waals surface area (Å²) in [7, 11) is 0. The van der Waals surface area contributed by atoms with Crippen LogP contribution in [0.15, 0.2) is 60.0 Å². The number of hydrogen-bond acceptors (Lipinski definition) is 5. The van der Waals surface area contributed by atoms with E-state index in [4.69, 9.17) is 11.6 Å². The predicted octanol–water partition coefficient (Wildman–Crippen LogP) is 3.71. The summed E-state index contributed by atoms with van der Waals surface area (Å²) in [5.41, 5.74) is 2.78. The number of carbonyl (C=O) groups excluding carboxylic acids is 2. The molecule has 4 heterocycles. The predicted molar refractivity (Wildman–Crippen MR) is 137 cm³/mol. The molecule has 1 aromatic carbocycles. The number of carbonyl (C=O) groups is 2. The summed E-state index contributed by atoms with van der Waals surface area (Å²) in [5, 5.41) is 4.68. The Morgan fingerprint density at radius 1 is 1.11 bits per heavy atom. The maximum atomic E-state index is 13.4. The van der Waals surface area contributed by atoms with E-state index in [1.54, 1.807) is 22.2 Å². The Morgan fingerprint density at radius 2 is 1.97 bits per heavy atom. The van der Waals surface area contributed by atoms with Gasteiger partial charge in [-0.15, -0.1) is 0 Å². The fourth-order valence-corrected chi connectivity index (χ4v) is 4.87. The van der Waals surface area contributed by atoms with Gasteiger partial charge in [0.25, 0.3) is 11.8 Å². The van der Waals surface area contributed by atoms with Gasteiger partial charge < -0.3 is 20.1 Å². The van der Waals surface area contributed by atoms with Crippen molar-refractivity contribution in [3.05, 3.63) is 71.1 Å². The molecule has 2 N–H and O–H groups in total. The lowest BCUT2D eigenvalue weighted by atomic mass is 9.97. The molecule has 1 saturated heterocycles. The van der Waals surface area contributed by atoms with Crippen LogP contribution in [-0.2, 0) is 4.79 Å². The Morgan fingerprint density at radius 3 is 2.77 bits per heavy atom. The van der Waals surface area contributed by atoms with Gasteiger partial charge in [-0.1, -0.05) is 23.7 Å². The normalized spacial score (nSPS) is 17.9. The number of nitrogens with one attached hydrogen (secondary N) is 2. The molecule has 0 atom stereocenters. The molecule has 9 heteroatoms. The Hall–Kier alpha value is -3.65. The minimum atomic E-state index is -0.563. The molecule has 35 heavy (non-hydrogen) atoms. The average Bonchev–Trinajstić information content (AvgIpc) is 3.17. The number of aromatic nitrogens is 2. The van der Waals surface area contributed by atoms with Gasteiger partial charge in [0.2, 0.25) is 0 Å². The lowest BCUT2D eigenvalue weighted by molar-refractivity contribution is -0.132. The zero-order valence-corrected chi connectivity index (χ0v) is 20.5. The van der Waals surface area contributed by atoms with Crippen LogP contribution < -0.4 is 5.32 Å². The van der Waals surface area contributed by atoms with E-state index in [-0.39, 0.29) is 11.8 Å². The highest BCUT2D eigenvalue weighted by molar-refractivity contribution is 6.38. The first-order valence-corrected chi connectivity index (χ1v) is 12.0. The van der Waals surface area contributed by atoms with Gasteiger partial charge in [-0.25, -0.2) is 4.98 Å². The number of rotatable bonds is 3. The van der Waals surface area contributed by atoms with Gasteiger partial charge in [0.05, 0.1) is 11.1 Å². The first kappa shape index (κ1) is 23.1. The molecule has 3 aromatic rings. The number of H-pyrrole nitrogens is 1. The number of piperazine rings is 1. The number of benzene rings is 1. The molecular weight excluding hydrogens is 464 g/mol. The van der Waals surface area contributed by atoms with E-state index in [2.05, 4.69) is 20.3 Å². The van der Waals surface area contributed by atoms with Crippen LogP contribution >= 0.6 is 11.6 Å². The molecule has 8 nitrogen and oxygen atoms in total. The summed E-state index contributed by atoms with van der Waals surface area (Å²) in [6, 6.07) is 11.4. The highest BCUT2D eigenvalue weighted by atomic mass is 35.5. The molecular formula is C26H27ClN6O2. The van der Waals surface area contributed by atoms with Crippen LogP contribution in [0.1, 0.15) is 36.2 Å². The molecule has 2 amide bonds. The second-order valence-electron chi connectivity index (χ2n) is 9.44. The van der Waals surface area contributed by atoms with Crippen molar-refractivity contribution in [2.24, 2.45) is 4.99 Å². The molecule has 0 aliphatic carbocycles. The van der Waals surface area contributed by atoms with Gasteiger partial charge in [-0.05, 0) is 55.7 Å². The Labute approximate surface area is 208 Å². The fourth-order valence-electron chi connectivity index (χ4n) is 4.68. The maximum Gasteiger partial charge on any atom is 0.289 e. The topological polar surface area (TPSA) is 93.7 Å². The summed E-state index contributed by atoms with van der Waals surface area (Å²) in [6.07, 6.45) is 5.94.